The summed E-state index contributed by atoms with van der Waals surface area (Å²) in [6, 6.07) is 27.9. The molecule has 0 unspecified atom stereocenters. The Morgan fingerprint density at radius 3 is 1.81 bits per heavy atom. The maximum absolute atomic E-state index is 13.1. The zero-order valence-corrected chi connectivity index (χ0v) is 29.5. The highest BCUT2D eigenvalue weighted by Crippen LogP contribution is 2.37. The summed E-state index contributed by atoms with van der Waals surface area (Å²) in [5.41, 5.74) is 0.689. The number of ether oxygens (including phenoxy) is 2. The van der Waals surface area contributed by atoms with Gasteiger partial charge in [-0.2, -0.15) is 0 Å². The molecule has 0 aliphatic rings. The summed E-state index contributed by atoms with van der Waals surface area (Å²) in [5, 5.41) is 18.6. The molecule has 2 amide bonds. The van der Waals surface area contributed by atoms with Crippen molar-refractivity contribution in [2.24, 2.45) is 0 Å². The second-order valence-corrected chi connectivity index (χ2v) is 17.9. The summed E-state index contributed by atoms with van der Waals surface area (Å²) in [6.07, 6.45) is -1.24. The van der Waals surface area contributed by atoms with E-state index in [4.69, 9.17) is 13.9 Å². The molecule has 0 aliphatic heterocycles. The van der Waals surface area contributed by atoms with Crippen LogP contribution in [0.3, 0.4) is 0 Å². The number of alkyl carbamates (subject to hydrolysis) is 2. The molecule has 0 bridgehead atoms. The third kappa shape index (κ3) is 10.7. The van der Waals surface area contributed by atoms with E-state index in [0.717, 1.165) is 15.9 Å². The molecule has 0 saturated heterocycles. The number of aliphatic hydroxyl groups is 1. The number of aliphatic hydroxyl groups excluding tert-OH is 1. The summed E-state index contributed by atoms with van der Waals surface area (Å²) in [6.45, 7) is 20.1. The monoisotopic (exact) mass is 658 g/mol. The van der Waals surface area contributed by atoms with Gasteiger partial charge in [0.15, 0.2) is 0 Å². The van der Waals surface area contributed by atoms with Gasteiger partial charge in [0.1, 0.15) is 12.2 Å². The van der Waals surface area contributed by atoms with Gasteiger partial charge in [-0.15, -0.1) is 6.58 Å². The molecular weight excluding hydrogens is 609 g/mol. The molecule has 3 N–H and O–H groups in total. The molecule has 3 aromatic carbocycles. The van der Waals surface area contributed by atoms with Crippen molar-refractivity contribution in [2.75, 3.05) is 6.61 Å². The molecule has 3 atom stereocenters. The van der Waals surface area contributed by atoms with Crippen LogP contribution in [0.1, 0.15) is 53.5 Å². The summed E-state index contributed by atoms with van der Waals surface area (Å²) in [7, 11) is -2.88. The molecule has 0 aromatic heterocycles. The number of benzene rings is 3. The Bertz CT molecular complexity index is 1410. The minimum atomic E-state index is -2.88. The highest BCUT2D eigenvalue weighted by Gasteiger charge is 2.50. The van der Waals surface area contributed by atoms with Gasteiger partial charge in [-0.25, -0.2) is 9.59 Å². The topological polar surface area (TPSA) is 106 Å². The van der Waals surface area contributed by atoms with E-state index in [2.05, 4.69) is 68.8 Å². The summed E-state index contributed by atoms with van der Waals surface area (Å²) < 4.78 is 18.0. The molecule has 8 nitrogen and oxygen atoms in total. The van der Waals surface area contributed by atoms with Crippen LogP contribution in [0, 0.1) is 0 Å². The lowest BCUT2D eigenvalue weighted by molar-refractivity contribution is 0.0421. The van der Waals surface area contributed by atoms with Crippen molar-refractivity contribution < 1.29 is 28.6 Å². The summed E-state index contributed by atoms with van der Waals surface area (Å²) in [4.78, 5) is 26.0. The van der Waals surface area contributed by atoms with E-state index in [1.807, 2.05) is 66.7 Å². The first-order chi connectivity index (χ1) is 22.2. The van der Waals surface area contributed by atoms with E-state index in [0.29, 0.717) is 5.57 Å². The fourth-order valence-electron chi connectivity index (χ4n) is 5.54. The number of carbonyl (C=O) groups excluding carboxylic acids is 2. The number of nitrogens with one attached hydrogen (secondary N) is 2. The van der Waals surface area contributed by atoms with Crippen molar-refractivity contribution in [3.05, 3.63) is 121 Å². The molecule has 9 heteroatoms. The zero-order chi connectivity index (χ0) is 34.7. The average Bonchev–Trinajstić information content (AvgIpc) is 3.02. The van der Waals surface area contributed by atoms with E-state index < -0.39 is 44.3 Å². The van der Waals surface area contributed by atoms with Crippen molar-refractivity contribution in [1.82, 2.24) is 10.6 Å². The number of carbonyl (C=O) groups is 2. The van der Waals surface area contributed by atoms with Gasteiger partial charge in [0, 0.05) is 0 Å². The predicted octanol–water partition coefficient (Wildman–Crippen LogP) is 6.24. The maximum Gasteiger partial charge on any atom is 0.408 e. The van der Waals surface area contributed by atoms with Crippen molar-refractivity contribution >= 4 is 30.9 Å². The van der Waals surface area contributed by atoms with E-state index in [1.165, 1.54) is 6.08 Å². The van der Waals surface area contributed by atoms with Crippen LogP contribution in [-0.4, -0.2) is 56.0 Å². The first kappa shape index (κ1) is 37.3. The van der Waals surface area contributed by atoms with E-state index >= 15 is 0 Å². The molecule has 0 aliphatic carbocycles. The van der Waals surface area contributed by atoms with Crippen molar-refractivity contribution in [1.29, 1.82) is 0 Å². The lowest BCUT2D eigenvalue weighted by Crippen LogP contribution is -2.66. The fourth-order valence-corrected chi connectivity index (χ4v) is 10.1. The van der Waals surface area contributed by atoms with E-state index in [-0.39, 0.29) is 24.7 Å². The maximum atomic E-state index is 13.1. The standard InChI is InChI=1S/C38H50N2O6Si/c1-9-33(41)34(40-36(43)46-37(3,4)5)32(39-35(42)44-27-29-19-13-10-14-20-29)25-28(2)26-45-47(38(6,7)8,30-21-15-11-16-22-30)31-23-17-12-18-24-31/h9-24,32-34,41H,1-2,25-27H2,3-8H3,(H,39,42)(H,40,43)/t32-,33+,34+/m0/s1. The van der Waals surface area contributed by atoms with Gasteiger partial charge in [0.25, 0.3) is 8.32 Å². The number of hydrogen-bond donors (Lipinski definition) is 3. The molecule has 0 heterocycles. The van der Waals surface area contributed by atoms with Gasteiger partial charge in [-0.3, -0.25) is 0 Å². The molecule has 0 saturated carbocycles. The van der Waals surface area contributed by atoms with Crippen LogP contribution in [0.15, 0.2) is 116 Å². The molecule has 0 fully saturated rings. The molecule has 0 radical (unpaired) electrons. The second-order valence-electron chi connectivity index (χ2n) is 13.6. The summed E-state index contributed by atoms with van der Waals surface area (Å²) in [5.74, 6) is 0. The smallest absolute Gasteiger partial charge is 0.408 e. The van der Waals surface area contributed by atoms with Crippen LogP contribution < -0.4 is 21.0 Å². The van der Waals surface area contributed by atoms with Crippen LogP contribution in [0.5, 0.6) is 0 Å². The molecule has 47 heavy (non-hydrogen) atoms. The normalized spacial score (nSPS) is 13.9. The van der Waals surface area contributed by atoms with Crippen LogP contribution in [0.25, 0.3) is 0 Å². The lowest BCUT2D eigenvalue weighted by Gasteiger charge is -2.43. The Hall–Kier alpha value is -4.18. The Morgan fingerprint density at radius 1 is 0.830 bits per heavy atom. The molecule has 0 spiro atoms. The number of amides is 2. The Kier molecular flexibility index (Phi) is 13.2. The Labute approximate surface area is 281 Å². The minimum absolute atomic E-state index is 0.0471. The van der Waals surface area contributed by atoms with Gasteiger partial charge in [-0.05, 0) is 48.2 Å². The minimum Gasteiger partial charge on any atom is -0.445 e. The van der Waals surface area contributed by atoms with Gasteiger partial charge in [0.2, 0.25) is 0 Å². The molecule has 3 aromatic rings. The number of hydrogen-bond acceptors (Lipinski definition) is 6. The third-order valence-electron chi connectivity index (χ3n) is 7.66. The van der Waals surface area contributed by atoms with Crippen LogP contribution in [0.4, 0.5) is 9.59 Å². The van der Waals surface area contributed by atoms with E-state index in [1.54, 1.807) is 20.8 Å². The van der Waals surface area contributed by atoms with Crippen LogP contribution in [0.2, 0.25) is 5.04 Å². The van der Waals surface area contributed by atoms with Crippen LogP contribution in [-0.2, 0) is 20.5 Å². The van der Waals surface area contributed by atoms with Gasteiger partial charge in [0.05, 0.1) is 24.8 Å². The van der Waals surface area contributed by atoms with Crippen molar-refractivity contribution in [3.8, 4) is 0 Å². The van der Waals surface area contributed by atoms with Gasteiger partial charge in [-0.1, -0.05) is 130 Å². The summed E-state index contributed by atoms with van der Waals surface area (Å²) >= 11 is 0. The SMILES string of the molecule is C=C[C@@H](O)[C@H](NC(=O)OC(C)(C)C)[C@H](CC(=C)CO[Si](c1ccccc1)(c1ccccc1)C(C)(C)C)NC(=O)OCc1ccccc1. The predicted molar refractivity (Wildman–Crippen MR) is 190 cm³/mol. The molecular formula is C38H50N2O6Si. The lowest BCUT2D eigenvalue weighted by atomic mass is 9.96. The second kappa shape index (κ2) is 16.6. The quantitative estimate of drug-likeness (QED) is 0.140. The Morgan fingerprint density at radius 2 is 1.34 bits per heavy atom. The molecule has 3 rings (SSSR count). The first-order valence-electron chi connectivity index (χ1n) is 15.9. The zero-order valence-electron chi connectivity index (χ0n) is 28.5. The first-order valence-corrected chi connectivity index (χ1v) is 17.8. The fraction of sp³-hybridized carbons (Fsp3) is 0.368. The van der Waals surface area contributed by atoms with Crippen LogP contribution >= 0.6 is 0 Å². The van der Waals surface area contributed by atoms with Crippen molar-refractivity contribution in [2.45, 2.75) is 83.4 Å². The largest absolute Gasteiger partial charge is 0.445 e. The highest BCUT2D eigenvalue weighted by atomic mass is 28.4. The molecule has 252 valence electrons. The van der Waals surface area contributed by atoms with E-state index in [9.17, 15) is 14.7 Å². The highest BCUT2D eigenvalue weighted by molar-refractivity contribution is 6.99. The van der Waals surface area contributed by atoms with Gasteiger partial charge >= 0.3 is 12.2 Å². The third-order valence-corrected chi connectivity index (χ3v) is 12.6. The average molecular weight is 659 g/mol. The van der Waals surface area contributed by atoms with Crippen molar-refractivity contribution in [3.63, 3.8) is 0 Å². The van der Waals surface area contributed by atoms with Gasteiger partial charge < -0.3 is 29.6 Å². The Balaban J connectivity index is 1.91. The number of rotatable bonds is 14.